The molecule has 6 rings (SSSR count). The SMILES string of the molecule is Cc1cccc(C)c1-n1nnnc1[C@@H](c1cccc2c1OCO2)N1CCN(CC=Cc2ccccc2)CC1. The van der Waals surface area contributed by atoms with Gasteiger partial charge in [0.15, 0.2) is 17.3 Å². The lowest BCUT2D eigenvalue weighted by molar-refractivity contribution is 0.111. The zero-order valence-electron chi connectivity index (χ0n) is 21.8. The fourth-order valence-corrected chi connectivity index (χ4v) is 5.44. The third kappa shape index (κ3) is 4.80. The minimum atomic E-state index is -0.178. The first kappa shape index (κ1) is 24.3. The van der Waals surface area contributed by atoms with E-state index in [-0.39, 0.29) is 12.8 Å². The first-order chi connectivity index (χ1) is 18.7. The van der Waals surface area contributed by atoms with Crippen molar-refractivity contribution in [3.05, 3.63) is 101 Å². The number of aromatic nitrogens is 4. The first-order valence-electron chi connectivity index (χ1n) is 13.1. The molecule has 194 valence electrons. The number of tetrazole rings is 1. The summed E-state index contributed by atoms with van der Waals surface area (Å²) in [5, 5.41) is 13.2. The summed E-state index contributed by atoms with van der Waals surface area (Å²) >= 11 is 0. The molecule has 0 aliphatic carbocycles. The molecule has 0 unspecified atom stereocenters. The lowest BCUT2D eigenvalue weighted by Crippen LogP contribution is -2.48. The van der Waals surface area contributed by atoms with Crippen LogP contribution in [0.4, 0.5) is 0 Å². The van der Waals surface area contributed by atoms with E-state index in [1.165, 1.54) is 5.56 Å². The number of para-hydroxylation sites is 2. The van der Waals surface area contributed by atoms with E-state index in [0.717, 1.165) is 72.4 Å². The van der Waals surface area contributed by atoms with Crippen molar-refractivity contribution in [3.8, 4) is 17.2 Å². The van der Waals surface area contributed by atoms with Gasteiger partial charge in [-0.2, -0.15) is 4.68 Å². The van der Waals surface area contributed by atoms with E-state index in [1.54, 1.807) is 0 Å². The molecular weight excluding hydrogens is 476 g/mol. The molecule has 8 heteroatoms. The Kier molecular flexibility index (Phi) is 6.90. The maximum absolute atomic E-state index is 5.96. The second-order valence-corrected chi connectivity index (χ2v) is 9.82. The summed E-state index contributed by atoms with van der Waals surface area (Å²) in [5.41, 5.74) is 5.53. The second kappa shape index (κ2) is 10.8. The Balaban J connectivity index is 1.29. The highest BCUT2D eigenvalue weighted by atomic mass is 16.7. The summed E-state index contributed by atoms with van der Waals surface area (Å²) in [7, 11) is 0. The van der Waals surface area contributed by atoms with Crippen LogP contribution in [0.25, 0.3) is 11.8 Å². The van der Waals surface area contributed by atoms with E-state index >= 15 is 0 Å². The van der Waals surface area contributed by atoms with Crippen molar-refractivity contribution in [2.24, 2.45) is 0 Å². The van der Waals surface area contributed by atoms with Gasteiger partial charge in [0, 0.05) is 38.3 Å². The van der Waals surface area contributed by atoms with Gasteiger partial charge in [-0.25, -0.2) is 0 Å². The summed E-state index contributed by atoms with van der Waals surface area (Å²) in [4.78, 5) is 4.95. The van der Waals surface area contributed by atoms with Gasteiger partial charge in [0.2, 0.25) is 6.79 Å². The Morgan fingerprint density at radius 2 is 1.63 bits per heavy atom. The van der Waals surface area contributed by atoms with Crippen LogP contribution in [-0.4, -0.2) is 69.5 Å². The highest BCUT2D eigenvalue weighted by Gasteiger charge is 2.35. The molecule has 0 spiro atoms. The largest absolute Gasteiger partial charge is 0.454 e. The molecule has 0 amide bonds. The third-order valence-corrected chi connectivity index (χ3v) is 7.36. The lowest BCUT2D eigenvalue weighted by atomic mass is 10.0. The number of nitrogens with zero attached hydrogens (tertiary/aromatic N) is 6. The molecule has 3 heterocycles. The van der Waals surface area contributed by atoms with E-state index in [4.69, 9.17) is 9.47 Å². The van der Waals surface area contributed by atoms with Gasteiger partial charge in [0.1, 0.15) is 6.04 Å². The second-order valence-electron chi connectivity index (χ2n) is 9.82. The smallest absolute Gasteiger partial charge is 0.231 e. The zero-order chi connectivity index (χ0) is 25.9. The summed E-state index contributed by atoms with van der Waals surface area (Å²) in [6.45, 7) is 9.01. The van der Waals surface area contributed by atoms with Crippen molar-refractivity contribution in [1.29, 1.82) is 0 Å². The van der Waals surface area contributed by atoms with Crippen molar-refractivity contribution in [3.63, 3.8) is 0 Å². The van der Waals surface area contributed by atoms with Crippen LogP contribution >= 0.6 is 0 Å². The molecule has 1 saturated heterocycles. The summed E-state index contributed by atoms with van der Waals surface area (Å²) in [6.07, 6.45) is 4.44. The van der Waals surface area contributed by atoms with Crippen LogP contribution in [-0.2, 0) is 0 Å². The van der Waals surface area contributed by atoms with Crippen LogP contribution in [0, 0.1) is 13.8 Å². The summed E-state index contributed by atoms with van der Waals surface area (Å²) < 4.78 is 13.6. The summed E-state index contributed by atoms with van der Waals surface area (Å²) in [6, 6.07) is 22.6. The highest BCUT2D eigenvalue weighted by molar-refractivity contribution is 5.53. The van der Waals surface area contributed by atoms with Crippen molar-refractivity contribution < 1.29 is 9.47 Å². The molecular formula is C30H32N6O2. The lowest BCUT2D eigenvalue weighted by Gasteiger charge is -2.38. The number of piperazine rings is 1. The summed E-state index contributed by atoms with van der Waals surface area (Å²) in [5.74, 6) is 2.33. The minimum absolute atomic E-state index is 0.178. The molecule has 1 aromatic heterocycles. The molecule has 2 aliphatic rings. The molecule has 38 heavy (non-hydrogen) atoms. The van der Waals surface area contributed by atoms with Gasteiger partial charge in [-0.15, -0.1) is 5.10 Å². The Labute approximate surface area is 223 Å². The number of benzene rings is 3. The predicted octanol–water partition coefficient (Wildman–Crippen LogP) is 4.43. The number of fused-ring (bicyclic) bond motifs is 1. The Hall–Kier alpha value is -4.01. The monoisotopic (exact) mass is 508 g/mol. The van der Waals surface area contributed by atoms with Gasteiger partial charge in [-0.3, -0.25) is 9.80 Å². The predicted molar refractivity (Wildman–Crippen MR) is 147 cm³/mol. The average Bonchev–Trinajstić information content (AvgIpc) is 3.61. The molecule has 4 aromatic rings. The third-order valence-electron chi connectivity index (χ3n) is 7.36. The molecule has 0 saturated carbocycles. The number of hydrogen-bond donors (Lipinski definition) is 0. The Morgan fingerprint density at radius 3 is 2.42 bits per heavy atom. The number of aryl methyl sites for hydroxylation is 2. The minimum Gasteiger partial charge on any atom is -0.454 e. The van der Waals surface area contributed by atoms with Gasteiger partial charge >= 0.3 is 0 Å². The van der Waals surface area contributed by atoms with Crippen molar-refractivity contribution in [2.75, 3.05) is 39.5 Å². The maximum Gasteiger partial charge on any atom is 0.231 e. The standard InChI is InChI=1S/C30H32N6O2/c1-22-9-6-10-23(2)27(22)36-30(31-32-33-36)28(25-14-7-15-26-29(25)38-21-37-26)35-19-17-34(18-20-35)16-8-13-24-11-4-3-5-12-24/h3-15,28H,16-21H2,1-2H3/t28-/m1/s1. The Morgan fingerprint density at radius 1 is 0.868 bits per heavy atom. The number of ether oxygens (including phenoxy) is 2. The average molecular weight is 509 g/mol. The fraction of sp³-hybridized carbons (Fsp3) is 0.300. The van der Waals surface area contributed by atoms with E-state index in [0.29, 0.717) is 0 Å². The van der Waals surface area contributed by atoms with Gasteiger partial charge < -0.3 is 9.47 Å². The molecule has 8 nitrogen and oxygen atoms in total. The topological polar surface area (TPSA) is 68.5 Å². The van der Waals surface area contributed by atoms with E-state index in [1.807, 2.05) is 22.9 Å². The van der Waals surface area contributed by atoms with E-state index in [9.17, 15) is 0 Å². The molecule has 1 atom stereocenters. The van der Waals surface area contributed by atoms with Crippen LogP contribution < -0.4 is 9.47 Å². The molecule has 0 radical (unpaired) electrons. The molecule has 3 aromatic carbocycles. The number of rotatable bonds is 7. The first-order valence-corrected chi connectivity index (χ1v) is 13.1. The highest BCUT2D eigenvalue weighted by Crippen LogP contribution is 2.42. The van der Waals surface area contributed by atoms with Crippen LogP contribution in [0.1, 0.15) is 34.1 Å². The van der Waals surface area contributed by atoms with Crippen LogP contribution in [0.5, 0.6) is 11.5 Å². The Bertz CT molecular complexity index is 1410. The van der Waals surface area contributed by atoms with Crippen molar-refractivity contribution in [2.45, 2.75) is 19.9 Å². The van der Waals surface area contributed by atoms with E-state index in [2.05, 4.69) is 99.9 Å². The number of hydrogen-bond acceptors (Lipinski definition) is 7. The van der Waals surface area contributed by atoms with Crippen LogP contribution in [0.2, 0.25) is 0 Å². The van der Waals surface area contributed by atoms with Gasteiger partial charge in [0.05, 0.1) is 5.69 Å². The van der Waals surface area contributed by atoms with Gasteiger partial charge in [-0.05, 0) is 47.0 Å². The zero-order valence-corrected chi connectivity index (χ0v) is 21.8. The molecule has 0 bridgehead atoms. The molecule has 1 fully saturated rings. The maximum atomic E-state index is 5.96. The van der Waals surface area contributed by atoms with Crippen molar-refractivity contribution in [1.82, 2.24) is 30.0 Å². The quantitative estimate of drug-likeness (QED) is 0.366. The normalized spacial score (nSPS) is 16.8. The van der Waals surface area contributed by atoms with Crippen LogP contribution in [0.3, 0.4) is 0 Å². The van der Waals surface area contributed by atoms with Gasteiger partial charge in [0.25, 0.3) is 0 Å². The fourth-order valence-electron chi connectivity index (χ4n) is 5.44. The van der Waals surface area contributed by atoms with Crippen molar-refractivity contribution >= 4 is 6.08 Å². The van der Waals surface area contributed by atoms with E-state index < -0.39 is 0 Å². The van der Waals surface area contributed by atoms with Crippen LogP contribution in [0.15, 0.2) is 72.8 Å². The molecule has 2 aliphatic heterocycles. The molecule has 0 N–H and O–H groups in total. The van der Waals surface area contributed by atoms with Gasteiger partial charge in [-0.1, -0.05) is 72.8 Å².